The molecule has 5 rings (SSSR count). The van der Waals surface area contributed by atoms with Gasteiger partial charge < -0.3 is 19.7 Å². The quantitative estimate of drug-likeness (QED) is 0.318. The van der Waals surface area contributed by atoms with Crippen molar-refractivity contribution in [3.05, 3.63) is 86.9 Å². The van der Waals surface area contributed by atoms with Gasteiger partial charge in [0.2, 0.25) is 0 Å². The minimum atomic E-state index is -1.23. The average molecular weight is 569 g/mol. The van der Waals surface area contributed by atoms with E-state index in [2.05, 4.69) is 10.4 Å². The molecule has 202 valence electrons. The van der Waals surface area contributed by atoms with E-state index in [-0.39, 0.29) is 40.5 Å². The second-order valence-electron chi connectivity index (χ2n) is 9.78. The summed E-state index contributed by atoms with van der Waals surface area (Å²) in [5.74, 6) is -2.04. The van der Waals surface area contributed by atoms with Crippen LogP contribution < -0.4 is 5.32 Å². The van der Waals surface area contributed by atoms with E-state index in [1.165, 1.54) is 0 Å². The van der Waals surface area contributed by atoms with Crippen LogP contribution in [0, 0.1) is 0 Å². The van der Waals surface area contributed by atoms with Gasteiger partial charge in [-0.3, -0.25) is 14.3 Å². The van der Waals surface area contributed by atoms with Gasteiger partial charge in [0.05, 0.1) is 27.6 Å². The molecule has 0 unspecified atom stereocenters. The Morgan fingerprint density at radius 2 is 1.95 bits per heavy atom. The molecule has 4 aromatic rings. The number of furan rings is 1. The van der Waals surface area contributed by atoms with E-state index in [9.17, 15) is 19.5 Å². The number of aromatic nitrogens is 2. The lowest BCUT2D eigenvalue weighted by atomic mass is 9.95. The third-order valence-electron chi connectivity index (χ3n) is 6.83. The summed E-state index contributed by atoms with van der Waals surface area (Å²) in [7, 11) is 0. The molecule has 0 aliphatic carbocycles. The summed E-state index contributed by atoms with van der Waals surface area (Å²) >= 11 is 13.2. The van der Waals surface area contributed by atoms with E-state index in [1.54, 1.807) is 46.3 Å². The molecule has 39 heavy (non-hydrogen) atoms. The smallest absolute Gasteiger partial charge is 0.326 e. The van der Waals surface area contributed by atoms with Crippen molar-refractivity contribution in [2.75, 3.05) is 6.54 Å². The van der Waals surface area contributed by atoms with Gasteiger partial charge in [0.1, 0.15) is 11.6 Å². The summed E-state index contributed by atoms with van der Waals surface area (Å²) in [4.78, 5) is 40.0. The van der Waals surface area contributed by atoms with Crippen molar-refractivity contribution >= 4 is 52.0 Å². The summed E-state index contributed by atoms with van der Waals surface area (Å²) in [5, 5.41) is 17.8. The second-order valence-corrected chi connectivity index (χ2v) is 10.6. The number of amides is 2. The number of hydrogen-bond donors (Lipinski definition) is 2. The van der Waals surface area contributed by atoms with Crippen LogP contribution in [0.2, 0.25) is 10.0 Å². The van der Waals surface area contributed by atoms with Crippen LogP contribution >= 0.6 is 23.2 Å². The Morgan fingerprint density at radius 1 is 1.15 bits per heavy atom. The molecule has 11 heteroatoms. The first kappa shape index (κ1) is 26.8. The summed E-state index contributed by atoms with van der Waals surface area (Å²) in [5.41, 5.74) is 3.13. The lowest BCUT2D eigenvalue weighted by Crippen LogP contribution is -2.43. The molecule has 1 aliphatic rings. The maximum Gasteiger partial charge on any atom is 0.326 e. The SMILES string of the molecule is CC(C)n1ccc(C[C@H](NC(=O)c2c(Cl)cc3c(c2Cl)CCN(C(=O)c2ccc4ccoc4c2)C3)C(=O)O)n1. The van der Waals surface area contributed by atoms with Crippen LogP contribution in [0.3, 0.4) is 0 Å². The van der Waals surface area contributed by atoms with Gasteiger partial charge in [0, 0.05) is 42.7 Å². The van der Waals surface area contributed by atoms with Gasteiger partial charge in [-0.2, -0.15) is 5.10 Å². The number of carbonyl (C=O) groups excluding carboxylic acids is 2. The van der Waals surface area contributed by atoms with Gasteiger partial charge in [-0.05, 0) is 61.7 Å². The number of rotatable bonds is 7. The van der Waals surface area contributed by atoms with E-state index < -0.39 is 17.9 Å². The molecule has 1 aliphatic heterocycles. The molecule has 1 atom stereocenters. The fourth-order valence-corrected chi connectivity index (χ4v) is 5.48. The Kier molecular flexibility index (Phi) is 7.38. The first-order chi connectivity index (χ1) is 18.6. The maximum atomic E-state index is 13.2. The molecule has 2 amide bonds. The number of nitrogens with one attached hydrogen (secondary N) is 1. The zero-order valence-corrected chi connectivity index (χ0v) is 22.8. The predicted molar refractivity (Wildman–Crippen MR) is 146 cm³/mol. The van der Waals surface area contributed by atoms with Gasteiger partial charge in [-0.25, -0.2) is 4.79 Å². The molecule has 0 saturated carbocycles. The number of hydrogen-bond acceptors (Lipinski definition) is 5. The molecule has 2 aromatic carbocycles. The highest BCUT2D eigenvalue weighted by atomic mass is 35.5. The van der Waals surface area contributed by atoms with Crippen LogP contribution in [0.25, 0.3) is 11.0 Å². The number of fused-ring (bicyclic) bond motifs is 2. The number of carboxylic acid groups (broad SMARTS) is 1. The van der Waals surface area contributed by atoms with Crippen LogP contribution in [-0.2, 0) is 24.2 Å². The molecule has 3 heterocycles. The standard InChI is InChI=1S/C28H26Cl2N4O5/c1-15(2)34-9-5-19(32-34)13-22(28(37)38)31-26(35)24-21(29)11-18-14-33(8-6-20(18)25(24)30)27(36)17-4-3-16-7-10-39-23(16)12-17/h3-5,7,9-12,15,22H,6,8,13-14H2,1-2H3,(H,31,35)(H,37,38)/t22-/m0/s1. The number of halogens is 2. The lowest BCUT2D eigenvalue weighted by molar-refractivity contribution is -0.139. The second kappa shape index (κ2) is 10.7. The summed E-state index contributed by atoms with van der Waals surface area (Å²) in [6.07, 6.45) is 3.76. The maximum absolute atomic E-state index is 13.2. The van der Waals surface area contributed by atoms with Crippen molar-refractivity contribution in [1.29, 1.82) is 0 Å². The number of nitrogens with zero attached hydrogens (tertiary/aromatic N) is 3. The van der Waals surface area contributed by atoms with E-state index in [0.29, 0.717) is 35.4 Å². The Labute approximate surface area is 234 Å². The Hall–Kier alpha value is -3.82. The first-order valence-corrected chi connectivity index (χ1v) is 13.2. The van der Waals surface area contributed by atoms with Crippen molar-refractivity contribution < 1.29 is 23.9 Å². The van der Waals surface area contributed by atoms with Gasteiger partial charge in [0.15, 0.2) is 0 Å². The topological polar surface area (TPSA) is 118 Å². The lowest BCUT2D eigenvalue weighted by Gasteiger charge is -2.30. The molecule has 0 spiro atoms. The highest BCUT2D eigenvalue weighted by Crippen LogP contribution is 2.35. The van der Waals surface area contributed by atoms with Crippen LogP contribution in [0.5, 0.6) is 0 Å². The average Bonchev–Trinajstić information content (AvgIpc) is 3.56. The molecule has 0 bridgehead atoms. The van der Waals surface area contributed by atoms with Gasteiger partial charge in [-0.15, -0.1) is 0 Å². The molecule has 2 aromatic heterocycles. The van der Waals surface area contributed by atoms with E-state index in [0.717, 1.165) is 10.9 Å². The molecule has 0 fully saturated rings. The highest BCUT2D eigenvalue weighted by molar-refractivity contribution is 6.40. The number of carboxylic acids is 1. The van der Waals surface area contributed by atoms with Crippen LogP contribution in [0.15, 0.2) is 53.3 Å². The van der Waals surface area contributed by atoms with Crippen molar-refractivity contribution in [2.24, 2.45) is 0 Å². The third kappa shape index (κ3) is 5.37. The summed E-state index contributed by atoms with van der Waals surface area (Å²) in [6, 6.07) is 9.38. The predicted octanol–water partition coefficient (Wildman–Crippen LogP) is 5.14. The Morgan fingerprint density at radius 3 is 2.67 bits per heavy atom. The zero-order valence-electron chi connectivity index (χ0n) is 21.3. The summed E-state index contributed by atoms with van der Waals surface area (Å²) in [6.45, 7) is 4.58. The van der Waals surface area contributed by atoms with Crippen molar-refractivity contribution in [3.8, 4) is 0 Å². The third-order valence-corrected chi connectivity index (χ3v) is 7.55. The molecule has 2 N–H and O–H groups in total. The molecular weight excluding hydrogens is 543 g/mol. The largest absolute Gasteiger partial charge is 0.480 e. The Balaban J connectivity index is 1.33. The van der Waals surface area contributed by atoms with E-state index >= 15 is 0 Å². The van der Waals surface area contributed by atoms with E-state index in [1.807, 2.05) is 26.0 Å². The molecule has 9 nitrogen and oxygen atoms in total. The molecular formula is C28H26Cl2N4O5. The van der Waals surface area contributed by atoms with Crippen LogP contribution in [-0.4, -0.2) is 50.2 Å². The number of carbonyl (C=O) groups is 3. The van der Waals surface area contributed by atoms with Crippen molar-refractivity contribution in [1.82, 2.24) is 20.0 Å². The van der Waals surface area contributed by atoms with Crippen LogP contribution in [0.4, 0.5) is 0 Å². The Bertz CT molecular complexity index is 1590. The number of benzene rings is 2. The molecule has 0 radical (unpaired) electrons. The normalized spacial score (nSPS) is 13.9. The fourth-order valence-electron chi connectivity index (χ4n) is 4.72. The summed E-state index contributed by atoms with van der Waals surface area (Å²) < 4.78 is 7.14. The minimum absolute atomic E-state index is 0.00183. The highest BCUT2D eigenvalue weighted by Gasteiger charge is 2.30. The first-order valence-electron chi connectivity index (χ1n) is 12.5. The van der Waals surface area contributed by atoms with E-state index in [4.69, 9.17) is 27.6 Å². The molecule has 0 saturated heterocycles. The zero-order chi connectivity index (χ0) is 27.8. The van der Waals surface area contributed by atoms with Crippen molar-refractivity contribution in [2.45, 2.75) is 45.3 Å². The van der Waals surface area contributed by atoms with Crippen molar-refractivity contribution in [3.63, 3.8) is 0 Å². The monoisotopic (exact) mass is 568 g/mol. The number of aliphatic carboxylic acids is 1. The van der Waals surface area contributed by atoms with Gasteiger partial charge in [0.25, 0.3) is 11.8 Å². The van der Waals surface area contributed by atoms with Crippen LogP contribution in [0.1, 0.15) is 57.4 Å². The fraction of sp³-hybridized carbons (Fsp3) is 0.286. The van der Waals surface area contributed by atoms with Gasteiger partial charge >= 0.3 is 5.97 Å². The minimum Gasteiger partial charge on any atom is -0.480 e. The van der Waals surface area contributed by atoms with Gasteiger partial charge in [-0.1, -0.05) is 29.3 Å².